The van der Waals surface area contributed by atoms with E-state index >= 15 is 0 Å². The van der Waals surface area contributed by atoms with E-state index in [1.165, 1.54) is 0 Å². The summed E-state index contributed by atoms with van der Waals surface area (Å²) in [6.45, 7) is 6.73. The van der Waals surface area contributed by atoms with Gasteiger partial charge in [0.25, 0.3) is 0 Å². The van der Waals surface area contributed by atoms with Crippen LogP contribution in [0.1, 0.15) is 19.5 Å². The van der Waals surface area contributed by atoms with Gasteiger partial charge in [-0.3, -0.25) is 4.84 Å². The lowest BCUT2D eigenvalue weighted by Gasteiger charge is -2.07. The predicted octanol–water partition coefficient (Wildman–Crippen LogP) is 1.78. The molecule has 0 fully saturated rings. The van der Waals surface area contributed by atoms with E-state index in [1.54, 1.807) is 6.20 Å². The molecule has 0 aliphatic heterocycles. The van der Waals surface area contributed by atoms with E-state index in [0.717, 1.165) is 5.69 Å². The topological polar surface area (TPSA) is 47.0 Å². The molecule has 1 aromatic heterocycles. The van der Waals surface area contributed by atoms with Crippen LogP contribution in [-0.2, 0) is 4.84 Å². The largest absolute Gasteiger partial charge is 0.273 e. The van der Waals surface area contributed by atoms with Crippen molar-refractivity contribution in [3.63, 3.8) is 0 Å². The number of nitrogens with zero attached hydrogens (tertiary/aromatic N) is 2. The van der Waals surface area contributed by atoms with Crippen molar-refractivity contribution in [3.05, 3.63) is 18.0 Å². The van der Waals surface area contributed by atoms with E-state index in [1.807, 2.05) is 13.0 Å². The van der Waals surface area contributed by atoms with Crippen molar-refractivity contribution in [1.29, 1.82) is 0 Å². The molecule has 0 saturated heterocycles. The van der Waals surface area contributed by atoms with Crippen molar-refractivity contribution in [2.24, 2.45) is 5.92 Å². The third-order valence-electron chi connectivity index (χ3n) is 1.37. The summed E-state index contributed by atoms with van der Waals surface area (Å²) >= 11 is 0. The Morgan fingerprint density at radius 1 is 1.54 bits per heavy atom. The maximum absolute atomic E-state index is 5.16. The van der Waals surface area contributed by atoms with Crippen LogP contribution in [0.25, 0.3) is 0 Å². The Kier molecular flexibility index (Phi) is 3.64. The van der Waals surface area contributed by atoms with Gasteiger partial charge in [0, 0.05) is 11.9 Å². The van der Waals surface area contributed by atoms with E-state index < -0.39 is 0 Å². The smallest absolute Gasteiger partial charge is 0.247 e. The Morgan fingerprint density at radius 3 is 2.92 bits per heavy atom. The lowest BCUT2D eigenvalue weighted by Crippen LogP contribution is -2.09. The zero-order valence-electron chi connectivity index (χ0n) is 8.24. The molecule has 1 N–H and O–H groups in total. The molecule has 4 heteroatoms. The third kappa shape index (κ3) is 3.85. The Hall–Kier alpha value is -1.16. The second-order valence-corrected chi connectivity index (χ2v) is 3.33. The highest BCUT2D eigenvalue weighted by molar-refractivity contribution is 5.20. The maximum atomic E-state index is 5.16. The van der Waals surface area contributed by atoms with Crippen LogP contribution in [0, 0.1) is 12.8 Å². The summed E-state index contributed by atoms with van der Waals surface area (Å²) in [6.07, 6.45) is 1.70. The van der Waals surface area contributed by atoms with Crippen LogP contribution in [0.4, 0.5) is 5.95 Å². The highest BCUT2D eigenvalue weighted by atomic mass is 16.6. The number of anilines is 1. The van der Waals surface area contributed by atoms with Gasteiger partial charge < -0.3 is 0 Å². The summed E-state index contributed by atoms with van der Waals surface area (Å²) < 4.78 is 0. The molecule has 4 nitrogen and oxygen atoms in total. The van der Waals surface area contributed by atoms with Crippen LogP contribution < -0.4 is 5.48 Å². The minimum Gasteiger partial charge on any atom is -0.273 e. The average Bonchev–Trinajstić information content (AvgIpc) is 2.03. The fourth-order valence-corrected chi connectivity index (χ4v) is 0.771. The van der Waals surface area contributed by atoms with Gasteiger partial charge >= 0.3 is 0 Å². The third-order valence-corrected chi connectivity index (χ3v) is 1.37. The minimum atomic E-state index is 0.498. The lowest BCUT2D eigenvalue weighted by atomic mass is 10.2. The second-order valence-electron chi connectivity index (χ2n) is 3.33. The molecule has 1 aromatic rings. The SMILES string of the molecule is Cc1ccnc(NOCC(C)C)n1. The number of hydrogen-bond acceptors (Lipinski definition) is 4. The summed E-state index contributed by atoms with van der Waals surface area (Å²) in [5.74, 6) is 1.01. The number of nitrogens with one attached hydrogen (secondary N) is 1. The molecule has 0 amide bonds. The molecule has 0 saturated carbocycles. The molecule has 0 spiro atoms. The molecule has 0 aliphatic carbocycles. The Morgan fingerprint density at radius 2 is 2.31 bits per heavy atom. The van der Waals surface area contributed by atoms with E-state index in [-0.39, 0.29) is 0 Å². The van der Waals surface area contributed by atoms with Gasteiger partial charge in [0.15, 0.2) is 0 Å². The molecule has 0 bridgehead atoms. The van der Waals surface area contributed by atoms with E-state index in [9.17, 15) is 0 Å². The van der Waals surface area contributed by atoms with Gasteiger partial charge in [-0.05, 0) is 18.9 Å². The van der Waals surface area contributed by atoms with Crippen LogP contribution in [0.5, 0.6) is 0 Å². The minimum absolute atomic E-state index is 0.498. The van der Waals surface area contributed by atoms with Crippen molar-refractivity contribution in [3.8, 4) is 0 Å². The monoisotopic (exact) mass is 181 g/mol. The molecular formula is C9H15N3O. The first kappa shape index (κ1) is 9.92. The van der Waals surface area contributed by atoms with E-state index in [2.05, 4.69) is 29.3 Å². The van der Waals surface area contributed by atoms with E-state index in [0.29, 0.717) is 18.5 Å². The van der Waals surface area contributed by atoms with Gasteiger partial charge in [-0.2, -0.15) is 0 Å². The molecule has 1 heterocycles. The lowest BCUT2D eigenvalue weighted by molar-refractivity contribution is 0.160. The van der Waals surface area contributed by atoms with Crippen LogP contribution in [0.3, 0.4) is 0 Å². The fourth-order valence-electron chi connectivity index (χ4n) is 0.771. The maximum Gasteiger partial charge on any atom is 0.247 e. The molecule has 0 aliphatic rings. The normalized spacial score (nSPS) is 10.5. The van der Waals surface area contributed by atoms with E-state index in [4.69, 9.17) is 4.84 Å². The van der Waals surface area contributed by atoms with Crippen molar-refractivity contribution in [2.45, 2.75) is 20.8 Å². The summed E-state index contributed by atoms with van der Waals surface area (Å²) in [5.41, 5.74) is 3.62. The van der Waals surface area contributed by atoms with Crippen molar-refractivity contribution in [2.75, 3.05) is 12.1 Å². The number of rotatable bonds is 4. The summed E-state index contributed by atoms with van der Waals surface area (Å²) in [4.78, 5) is 13.3. The summed E-state index contributed by atoms with van der Waals surface area (Å²) in [5, 5.41) is 0. The number of hydrogen-bond donors (Lipinski definition) is 1. The summed E-state index contributed by atoms with van der Waals surface area (Å²) in [6, 6.07) is 1.84. The quantitative estimate of drug-likeness (QED) is 0.719. The Labute approximate surface area is 78.3 Å². The summed E-state index contributed by atoms with van der Waals surface area (Å²) in [7, 11) is 0. The molecule has 1 rings (SSSR count). The van der Waals surface area contributed by atoms with Crippen LogP contribution >= 0.6 is 0 Å². The second kappa shape index (κ2) is 4.77. The first-order valence-electron chi connectivity index (χ1n) is 4.36. The molecule has 0 atom stereocenters. The van der Waals surface area contributed by atoms with Crippen molar-refractivity contribution >= 4 is 5.95 Å². The molecule has 13 heavy (non-hydrogen) atoms. The highest BCUT2D eigenvalue weighted by Gasteiger charge is 1.96. The highest BCUT2D eigenvalue weighted by Crippen LogP contribution is 1.99. The zero-order chi connectivity index (χ0) is 9.68. The first-order valence-corrected chi connectivity index (χ1v) is 4.36. The van der Waals surface area contributed by atoms with Crippen LogP contribution in [0.2, 0.25) is 0 Å². The van der Waals surface area contributed by atoms with Gasteiger partial charge in [0.05, 0.1) is 6.61 Å². The van der Waals surface area contributed by atoms with Crippen LogP contribution in [-0.4, -0.2) is 16.6 Å². The molecular weight excluding hydrogens is 166 g/mol. The molecule has 0 aromatic carbocycles. The average molecular weight is 181 g/mol. The first-order chi connectivity index (χ1) is 6.18. The van der Waals surface area contributed by atoms with Crippen molar-refractivity contribution < 1.29 is 4.84 Å². The molecule has 0 unspecified atom stereocenters. The Balaban J connectivity index is 2.37. The van der Waals surface area contributed by atoms with Gasteiger partial charge in [-0.25, -0.2) is 15.4 Å². The molecule has 72 valence electrons. The fraction of sp³-hybridized carbons (Fsp3) is 0.556. The standard InChI is InChI=1S/C9H15N3O/c1-7(2)6-13-12-9-10-5-4-8(3)11-9/h4-5,7H,6H2,1-3H3,(H,10,11,12). The predicted molar refractivity (Wildman–Crippen MR) is 51.2 cm³/mol. The Bertz CT molecular complexity index is 263. The van der Waals surface area contributed by atoms with Crippen molar-refractivity contribution in [1.82, 2.24) is 9.97 Å². The van der Waals surface area contributed by atoms with Crippen LogP contribution in [0.15, 0.2) is 12.3 Å². The van der Waals surface area contributed by atoms with Gasteiger partial charge in [0.1, 0.15) is 0 Å². The van der Waals surface area contributed by atoms with Gasteiger partial charge in [-0.15, -0.1) is 0 Å². The number of aryl methyl sites for hydroxylation is 1. The van der Waals surface area contributed by atoms with Gasteiger partial charge in [0.2, 0.25) is 5.95 Å². The zero-order valence-corrected chi connectivity index (χ0v) is 8.24. The number of aromatic nitrogens is 2. The molecule has 0 radical (unpaired) electrons. The van der Waals surface area contributed by atoms with Gasteiger partial charge in [-0.1, -0.05) is 13.8 Å².